The van der Waals surface area contributed by atoms with E-state index in [9.17, 15) is 0 Å². The van der Waals surface area contributed by atoms with E-state index in [1.165, 1.54) is 65.3 Å². The molecule has 1 heterocycles. The number of anilines is 3. The van der Waals surface area contributed by atoms with Gasteiger partial charge in [-0.15, -0.1) is 0 Å². The standard InChI is InChI=1S/C58H37NO/c1-3-15-46-39(11-1)31-35-52-48(18-8-20-50(46)52)41-27-25-38(26-28-41)43-13-7-14-45(37-43)59(55-22-10-24-57-58(55)54-17-5-6-23-56(54)60-57)44-33-29-42(30-34-44)49-19-9-21-51-47-16-4-2-12-40(47)32-36-53(49)51/h1-37H. The van der Waals surface area contributed by atoms with E-state index in [1.807, 2.05) is 6.07 Å². The summed E-state index contributed by atoms with van der Waals surface area (Å²) >= 11 is 0. The fourth-order valence-electron chi connectivity index (χ4n) is 9.41. The Morgan fingerprint density at radius 1 is 0.283 bits per heavy atom. The van der Waals surface area contributed by atoms with E-state index >= 15 is 0 Å². The van der Waals surface area contributed by atoms with Crippen molar-refractivity contribution in [2.45, 2.75) is 0 Å². The molecule has 0 bridgehead atoms. The maximum atomic E-state index is 6.43. The average molecular weight is 764 g/mol. The van der Waals surface area contributed by atoms with Crippen LogP contribution in [0.5, 0.6) is 0 Å². The van der Waals surface area contributed by atoms with Crippen molar-refractivity contribution in [3.63, 3.8) is 0 Å². The lowest BCUT2D eigenvalue weighted by atomic mass is 9.93. The molecule has 0 atom stereocenters. The third kappa shape index (κ3) is 5.57. The molecule has 2 heteroatoms. The van der Waals surface area contributed by atoms with Crippen LogP contribution in [0.3, 0.4) is 0 Å². The first-order valence-electron chi connectivity index (χ1n) is 20.6. The van der Waals surface area contributed by atoms with Gasteiger partial charge in [-0.1, -0.05) is 182 Å². The predicted octanol–water partition coefficient (Wildman–Crippen LogP) is 16.7. The molecule has 0 fully saturated rings. The molecular formula is C58H37NO. The van der Waals surface area contributed by atoms with E-state index in [0.717, 1.165) is 50.1 Å². The third-order valence-corrected chi connectivity index (χ3v) is 12.3. The van der Waals surface area contributed by atoms with Crippen LogP contribution in [0.1, 0.15) is 0 Å². The minimum absolute atomic E-state index is 0.867. The molecular weight excluding hydrogens is 727 g/mol. The second kappa shape index (κ2) is 13.9. The van der Waals surface area contributed by atoms with Crippen LogP contribution in [-0.4, -0.2) is 0 Å². The molecule has 60 heavy (non-hydrogen) atoms. The first-order chi connectivity index (χ1) is 29.7. The van der Waals surface area contributed by atoms with E-state index in [2.05, 4.69) is 223 Å². The van der Waals surface area contributed by atoms with E-state index in [4.69, 9.17) is 4.42 Å². The minimum Gasteiger partial charge on any atom is -0.456 e. The van der Waals surface area contributed by atoms with Gasteiger partial charge >= 0.3 is 0 Å². The van der Waals surface area contributed by atoms with Crippen LogP contribution in [-0.2, 0) is 0 Å². The highest BCUT2D eigenvalue weighted by atomic mass is 16.3. The zero-order valence-electron chi connectivity index (χ0n) is 32.7. The molecule has 0 radical (unpaired) electrons. The van der Waals surface area contributed by atoms with Gasteiger partial charge in [-0.2, -0.15) is 0 Å². The topological polar surface area (TPSA) is 16.4 Å². The van der Waals surface area contributed by atoms with Gasteiger partial charge in [0.1, 0.15) is 11.2 Å². The Bertz CT molecular complexity index is 3600. The molecule has 0 aliphatic rings. The van der Waals surface area contributed by atoms with Crippen LogP contribution in [0.4, 0.5) is 17.1 Å². The maximum absolute atomic E-state index is 6.43. The molecule has 280 valence electrons. The molecule has 0 aliphatic carbocycles. The van der Waals surface area contributed by atoms with E-state index < -0.39 is 0 Å². The SMILES string of the molecule is c1cc(-c2ccc(-c3cccc4c3ccc3ccccc34)cc2)cc(N(c2ccc(-c3cccc4c3ccc3ccccc34)cc2)c2cccc3oc4ccccc4c23)c1. The minimum atomic E-state index is 0.867. The Morgan fingerprint density at radius 2 is 0.800 bits per heavy atom. The van der Waals surface area contributed by atoms with Crippen LogP contribution in [0.2, 0.25) is 0 Å². The summed E-state index contributed by atoms with van der Waals surface area (Å²) in [5.41, 5.74) is 12.1. The van der Waals surface area contributed by atoms with Crippen LogP contribution in [0, 0.1) is 0 Å². The zero-order valence-corrected chi connectivity index (χ0v) is 32.7. The lowest BCUT2D eigenvalue weighted by Gasteiger charge is -2.27. The van der Waals surface area contributed by atoms with Crippen molar-refractivity contribution in [2.75, 3.05) is 4.90 Å². The smallest absolute Gasteiger partial charge is 0.137 e. The Kier molecular flexibility index (Phi) is 7.89. The van der Waals surface area contributed by atoms with Gasteiger partial charge in [-0.3, -0.25) is 0 Å². The normalized spacial score (nSPS) is 11.7. The molecule has 0 saturated heterocycles. The van der Waals surface area contributed by atoms with E-state index in [1.54, 1.807) is 0 Å². The summed E-state index contributed by atoms with van der Waals surface area (Å²) in [7, 11) is 0. The number of nitrogens with zero attached hydrogens (tertiary/aromatic N) is 1. The molecule has 12 rings (SSSR count). The lowest BCUT2D eigenvalue weighted by Crippen LogP contribution is -2.10. The number of hydrogen-bond donors (Lipinski definition) is 0. The number of hydrogen-bond acceptors (Lipinski definition) is 2. The summed E-state index contributed by atoms with van der Waals surface area (Å²) in [6.07, 6.45) is 0. The summed E-state index contributed by atoms with van der Waals surface area (Å²) in [5.74, 6) is 0. The molecule has 0 N–H and O–H groups in total. The monoisotopic (exact) mass is 763 g/mol. The number of para-hydroxylation sites is 1. The highest BCUT2D eigenvalue weighted by Gasteiger charge is 2.20. The first-order valence-corrected chi connectivity index (χ1v) is 20.6. The molecule has 12 aromatic rings. The number of benzene rings is 11. The van der Waals surface area contributed by atoms with Gasteiger partial charge in [0.25, 0.3) is 0 Å². The summed E-state index contributed by atoms with van der Waals surface area (Å²) in [6, 6.07) is 81.2. The number of rotatable bonds is 6. The Labute approximate surface area is 347 Å². The van der Waals surface area contributed by atoms with Crippen molar-refractivity contribution in [2.24, 2.45) is 0 Å². The van der Waals surface area contributed by atoms with E-state index in [-0.39, 0.29) is 0 Å². The average Bonchev–Trinajstić information content (AvgIpc) is 3.71. The second-order valence-electron chi connectivity index (χ2n) is 15.6. The Morgan fingerprint density at radius 3 is 1.47 bits per heavy atom. The Balaban J connectivity index is 0.967. The third-order valence-electron chi connectivity index (χ3n) is 12.3. The maximum Gasteiger partial charge on any atom is 0.137 e. The van der Waals surface area contributed by atoms with Gasteiger partial charge in [0.05, 0.1) is 11.1 Å². The van der Waals surface area contributed by atoms with Crippen LogP contribution >= 0.6 is 0 Å². The van der Waals surface area contributed by atoms with Crippen LogP contribution < -0.4 is 4.90 Å². The number of furan rings is 1. The Hall–Kier alpha value is -7.94. The number of fused-ring (bicyclic) bond motifs is 9. The fraction of sp³-hybridized carbons (Fsp3) is 0. The molecule has 0 aliphatic heterocycles. The largest absolute Gasteiger partial charge is 0.456 e. The predicted molar refractivity (Wildman–Crippen MR) is 255 cm³/mol. The van der Waals surface area contributed by atoms with Gasteiger partial charge < -0.3 is 9.32 Å². The van der Waals surface area contributed by atoms with Crippen molar-refractivity contribution in [1.82, 2.24) is 0 Å². The van der Waals surface area contributed by atoms with Crippen LogP contribution in [0.25, 0.3) is 98.4 Å². The van der Waals surface area contributed by atoms with Crippen molar-refractivity contribution in [3.8, 4) is 33.4 Å². The van der Waals surface area contributed by atoms with Gasteiger partial charge in [-0.25, -0.2) is 0 Å². The van der Waals surface area contributed by atoms with Crippen molar-refractivity contribution >= 4 is 82.1 Å². The summed E-state index contributed by atoms with van der Waals surface area (Å²) in [6.45, 7) is 0. The second-order valence-corrected chi connectivity index (χ2v) is 15.6. The summed E-state index contributed by atoms with van der Waals surface area (Å²) in [4.78, 5) is 2.38. The lowest BCUT2D eigenvalue weighted by molar-refractivity contribution is 0.669. The van der Waals surface area contributed by atoms with Crippen LogP contribution in [0.15, 0.2) is 229 Å². The van der Waals surface area contributed by atoms with E-state index in [0.29, 0.717) is 0 Å². The molecule has 1 aromatic heterocycles. The fourth-order valence-corrected chi connectivity index (χ4v) is 9.41. The van der Waals surface area contributed by atoms with Gasteiger partial charge in [0, 0.05) is 16.8 Å². The quantitative estimate of drug-likeness (QED) is 0.157. The molecule has 11 aromatic carbocycles. The molecule has 0 amide bonds. The molecule has 0 spiro atoms. The molecule has 0 unspecified atom stereocenters. The summed E-state index contributed by atoms with van der Waals surface area (Å²) in [5, 5.41) is 12.3. The molecule has 2 nitrogen and oxygen atoms in total. The zero-order chi connectivity index (χ0) is 39.6. The van der Waals surface area contributed by atoms with Gasteiger partial charge in [-0.05, 0) is 119 Å². The highest BCUT2D eigenvalue weighted by Crippen LogP contribution is 2.45. The van der Waals surface area contributed by atoms with Gasteiger partial charge in [0.2, 0.25) is 0 Å². The van der Waals surface area contributed by atoms with Crippen molar-refractivity contribution in [1.29, 1.82) is 0 Å². The summed E-state index contributed by atoms with van der Waals surface area (Å²) < 4.78 is 6.43. The highest BCUT2D eigenvalue weighted by molar-refractivity contribution is 6.15. The van der Waals surface area contributed by atoms with Gasteiger partial charge in [0.15, 0.2) is 0 Å². The first kappa shape index (κ1) is 34.1. The van der Waals surface area contributed by atoms with Crippen molar-refractivity contribution in [3.05, 3.63) is 224 Å². The molecule has 0 saturated carbocycles. The van der Waals surface area contributed by atoms with Crippen molar-refractivity contribution < 1.29 is 4.42 Å².